The summed E-state index contributed by atoms with van der Waals surface area (Å²) >= 11 is 5.34. The minimum Gasteiger partial charge on any atom is -0.350 e. The number of halogens is 1. The molecule has 0 fully saturated rings. The first kappa shape index (κ1) is 11.9. The molecule has 1 aromatic heterocycles. The first-order valence-corrected chi connectivity index (χ1v) is 7.17. The van der Waals surface area contributed by atoms with E-state index in [2.05, 4.69) is 43.9 Å². The first-order valence-electron chi connectivity index (χ1n) is 5.16. The lowest BCUT2D eigenvalue weighted by molar-refractivity contribution is 0.509. The molecule has 0 amide bonds. The Kier molecular flexibility index (Phi) is 4.23. The quantitative estimate of drug-likeness (QED) is 0.802. The Hall–Kier alpha value is -0.550. The summed E-state index contributed by atoms with van der Waals surface area (Å²) in [6.45, 7) is 1.79. The molecule has 1 unspecified atom stereocenters. The van der Waals surface area contributed by atoms with Gasteiger partial charge in [0.15, 0.2) is 5.17 Å². The van der Waals surface area contributed by atoms with Crippen molar-refractivity contribution in [3.8, 4) is 0 Å². The van der Waals surface area contributed by atoms with E-state index in [9.17, 15) is 0 Å². The van der Waals surface area contributed by atoms with Crippen LogP contribution in [0.4, 0.5) is 0 Å². The number of hydrogen-bond donors (Lipinski definition) is 0. The standard InChI is InChI=1S/C11H14BrN3S/c1-15(8-9-3-2-4-13-6-9)11-14-7-10(5-12)16-11/h2-4,6,10H,5,7-8H2,1H3. The number of nitrogens with zero attached hydrogens (tertiary/aromatic N) is 3. The topological polar surface area (TPSA) is 28.5 Å². The highest BCUT2D eigenvalue weighted by Gasteiger charge is 2.21. The average molecular weight is 300 g/mol. The van der Waals surface area contributed by atoms with E-state index in [1.807, 2.05) is 24.0 Å². The fraction of sp³-hybridized carbons (Fsp3) is 0.455. The number of hydrogen-bond acceptors (Lipinski definition) is 4. The SMILES string of the molecule is CN(Cc1cccnc1)C1=NCC(CBr)S1. The molecule has 2 heterocycles. The zero-order valence-corrected chi connectivity index (χ0v) is 11.5. The van der Waals surface area contributed by atoms with Crippen molar-refractivity contribution in [2.75, 3.05) is 18.9 Å². The van der Waals surface area contributed by atoms with Gasteiger partial charge in [-0.05, 0) is 11.6 Å². The molecular weight excluding hydrogens is 286 g/mol. The molecule has 86 valence electrons. The average Bonchev–Trinajstić information content (AvgIpc) is 2.79. The lowest BCUT2D eigenvalue weighted by Gasteiger charge is -2.18. The molecule has 3 nitrogen and oxygen atoms in total. The smallest absolute Gasteiger partial charge is 0.159 e. The van der Waals surface area contributed by atoms with Gasteiger partial charge in [-0.25, -0.2) is 0 Å². The fourth-order valence-electron chi connectivity index (χ4n) is 1.53. The summed E-state index contributed by atoms with van der Waals surface area (Å²) in [4.78, 5) is 10.8. The van der Waals surface area contributed by atoms with Crippen LogP contribution >= 0.6 is 27.7 Å². The molecule has 0 aliphatic carbocycles. The van der Waals surface area contributed by atoms with Crippen LogP contribution in [0.3, 0.4) is 0 Å². The predicted molar refractivity (Wildman–Crippen MR) is 73.2 cm³/mol. The third-order valence-electron chi connectivity index (χ3n) is 2.34. The Bertz CT molecular complexity index is 369. The van der Waals surface area contributed by atoms with E-state index in [1.165, 1.54) is 5.56 Å². The summed E-state index contributed by atoms with van der Waals surface area (Å²) in [6, 6.07) is 4.06. The second-order valence-electron chi connectivity index (χ2n) is 3.73. The summed E-state index contributed by atoms with van der Waals surface area (Å²) in [6.07, 6.45) is 3.70. The molecule has 0 saturated carbocycles. The normalized spacial score (nSPS) is 19.6. The molecule has 0 aromatic carbocycles. The van der Waals surface area contributed by atoms with Crippen LogP contribution in [0.15, 0.2) is 29.5 Å². The van der Waals surface area contributed by atoms with Crippen molar-refractivity contribution >= 4 is 32.9 Å². The van der Waals surface area contributed by atoms with Crippen molar-refractivity contribution in [1.29, 1.82) is 0 Å². The predicted octanol–water partition coefficient (Wildman–Crippen LogP) is 2.38. The molecule has 0 N–H and O–H groups in total. The zero-order valence-electron chi connectivity index (χ0n) is 9.14. The molecule has 0 radical (unpaired) electrons. The van der Waals surface area contributed by atoms with Gasteiger partial charge in [0.2, 0.25) is 0 Å². The molecule has 0 spiro atoms. The number of alkyl halides is 1. The van der Waals surface area contributed by atoms with E-state index in [-0.39, 0.29) is 0 Å². The molecule has 1 aromatic rings. The fourth-order valence-corrected chi connectivity index (χ4v) is 3.03. The van der Waals surface area contributed by atoms with Crippen LogP contribution in [-0.4, -0.2) is 39.2 Å². The highest BCUT2D eigenvalue weighted by Crippen LogP contribution is 2.24. The number of aliphatic imine (C=N–C) groups is 1. The summed E-state index contributed by atoms with van der Waals surface area (Å²) in [7, 11) is 2.08. The van der Waals surface area contributed by atoms with Crippen LogP contribution in [-0.2, 0) is 6.54 Å². The molecule has 5 heteroatoms. The van der Waals surface area contributed by atoms with Gasteiger partial charge in [0, 0.05) is 36.6 Å². The summed E-state index contributed by atoms with van der Waals surface area (Å²) in [5, 5.41) is 2.73. The maximum Gasteiger partial charge on any atom is 0.159 e. The van der Waals surface area contributed by atoms with E-state index in [0.29, 0.717) is 5.25 Å². The Morgan fingerprint density at radius 1 is 1.62 bits per heavy atom. The second kappa shape index (κ2) is 5.68. The lowest BCUT2D eigenvalue weighted by atomic mass is 10.3. The van der Waals surface area contributed by atoms with Gasteiger partial charge in [-0.15, -0.1) is 0 Å². The molecule has 1 aliphatic heterocycles. The summed E-state index contributed by atoms with van der Waals surface area (Å²) in [5.74, 6) is 0. The van der Waals surface area contributed by atoms with Crippen molar-refractivity contribution < 1.29 is 0 Å². The van der Waals surface area contributed by atoms with Gasteiger partial charge in [-0.1, -0.05) is 33.8 Å². The third-order valence-corrected chi connectivity index (χ3v) is 4.85. The molecular formula is C11H14BrN3S. The van der Waals surface area contributed by atoms with Crippen LogP contribution in [0.5, 0.6) is 0 Å². The van der Waals surface area contributed by atoms with Crippen LogP contribution in [0, 0.1) is 0 Å². The third kappa shape index (κ3) is 2.98. The number of pyridine rings is 1. The first-order chi connectivity index (χ1) is 7.79. The van der Waals surface area contributed by atoms with Crippen molar-refractivity contribution in [2.45, 2.75) is 11.8 Å². The largest absolute Gasteiger partial charge is 0.350 e. The van der Waals surface area contributed by atoms with Gasteiger partial charge in [0.25, 0.3) is 0 Å². The summed E-state index contributed by atoms with van der Waals surface area (Å²) in [5.41, 5.74) is 1.22. The maximum absolute atomic E-state index is 4.54. The van der Waals surface area contributed by atoms with Crippen LogP contribution in [0.2, 0.25) is 0 Å². The van der Waals surface area contributed by atoms with Crippen LogP contribution in [0.1, 0.15) is 5.56 Å². The van der Waals surface area contributed by atoms with Gasteiger partial charge < -0.3 is 4.90 Å². The Morgan fingerprint density at radius 3 is 3.12 bits per heavy atom. The monoisotopic (exact) mass is 299 g/mol. The Labute approximate surface area is 108 Å². The van der Waals surface area contributed by atoms with E-state index in [1.54, 1.807) is 6.20 Å². The van der Waals surface area contributed by atoms with E-state index < -0.39 is 0 Å². The minimum atomic E-state index is 0.589. The van der Waals surface area contributed by atoms with Crippen LogP contribution < -0.4 is 0 Å². The van der Waals surface area contributed by atoms with Crippen molar-refractivity contribution in [3.05, 3.63) is 30.1 Å². The Morgan fingerprint density at radius 2 is 2.50 bits per heavy atom. The highest BCUT2D eigenvalue weighted by atomic mass is 79.9. The van der Waals surface area contributed by atoms with Gasteiger partial charge in [-0.3, -0.25) is 9.98 Å². The molecule has 1 aliphatic rings. The summed E-state index contributed by atoms with van der Waals surface area (Å²) < 4.78 is 0. The van der Waals surface area contributed by atoms with Crippen molar-refractivity contribution in [3.63, 3.8) is 0 Å². The molecule has 16 heavy (non-hydrogen) atoms. The van der Waals surface area contributed by atoms with Crippen molar-refractivity contribution in [1.82, 2.24) is 9.88 Å². The van der Waals surface area contributed by atoms with Gasteiger partial charge >= 0.3 is 0 Å². The Balaban J connectivity index is 1.92. The molecule has 0 saturated heterocycles. The molecule has 0 bridgehead atoms. The number of rotatable bonds is 3. The highest BCUT2D eigenvalue weighted by molar-refractivity contribution is 9.09. The van der Waals surface area contributed by atoms with Gasteiger partial charge in [-0.2, -0.15) is 0 Å². The van der Waals surface area contributed by atoms with Gasteiger partial charge in [0.1, 0.15) is 0 Å². The van der Waals surface area contributed by atoms with Crippen molar-refractivity contribution in [2.24, 2.45) is 4.99 Å². The van der Waals surface area contributed by atoms with Crippen LogP contribution in [0.25, 0.3) is 0 Å². The maximum atomic E-state index is 4.54. The number of amidine groups is 1. The minimum absolute atomic E-state index is 0.589. The number of aromatic nitrogens is 1. The van der Waals surface area contributed by atoms with Gasteiger partial charge in [0.05, 0.1) is 6.54 Å². The zero-order chi connectivity index (χ0) is 11.4. The lowest BCUT2D eigenvalue weighted by Crippen LogP contribution is -2.23. The molecule has 2 rings (SSSR count). The molecule has 1 atom stereocenters. The van der Waals surface area contributed by atoms with E-state index in [4.69, 9.17) is 0 Å². The second-order valence-corrected chi connectivity index (χ2v) is 5.65. The van der Waals surface area contributed by atoms with E-state index in [0.717, 1.165) is 23.6 Å². The van der Waals surface area contributed by atoms with E-state index >= 15 is 0 Å². The number of thioether (sulfide) groups is 1.